The molecule has 0 fully saturated rings. The normalized spacial score (nSPS) is 10.8. The molecule has 1 heterocycles. The number of thioether (sulfide) groups is 1. The van der Waals surface area contributed by atoms with E-state index < -0.39 is 5.97 Å². The molecular weight excluding hydrogens is 224 g/mol. The summed E-state index contributed by atoms with van der Waals surface area (Å²) < 4.78 is 5.34. The smallest absolute Gasteiger partial charge is 0.339 e. The lowest BCUT2D eigenvalue weighted by atomic mass is 10.1. The highest BCUT2D eigenvalue weighted by Gasteiger charge is 2.13. The number of hydrogen-bond acceptors (Lipinski definition) is 3. The van der Waals surface area contributed by atoms with E-state index in [0.29, 0.717) is 5.58 Å². The van der Waals surface area contributed by atoms with Crippen molar-refractivity contribution in [3.8, 4) is 0 Å². The second-order valence-electron chi connectivity index (χ2n) is 3.39. The summed E-state index contributed by atoms with van der Waals surface area (Å²) in [6.45, 7) is 2.09. The van der Waals surface area contributed by atoms with Gasteiger partial charge >= 0.3 is 5.97 Å². The second kappa shape index (κ2) is 4.61. The molecule has 0 atom stereocenters. The van der Waals surface area contributed by atoms with E-state index in [4.69, 9.17) is 9.52 Å². The van der Waals surface area contributed by atoms with E-state index in [0.717, 1.165) is 22.5 Å². The summed E-state index contributed by atoms with van der Waals surface area (Å²) in [6.07, 6.45) is 1.65. The SMILES string of the molecule is CCSCc1coc2c(C(=O)O)cccc12. The van der Waals surface area contributed by atoms with Crippen LogP contribution in [0.25, 0.3) is 11.0 Å². The van der Waals surface area contributed by atoms with Gasteiger partial charge in [0.25, 0.3) is 0 Å². The number of carbonyl (C=O) groups is 1. The number of benzene rings is 1. The molecule has 1 aromatic heterocycles. The van der Waals surface area contributed by atoms with Gasteiger partial charge in [-0.1, -0.05) is 19.1 Å². The molecule has 3 nitrogen and oxygen atoms in total. The van der Waals surface area contributed by atoms with Gasteiger partial charge in [-0.3, -0.25) is 0 Å². The van der Waals surface area contributed by atoms with Gasteiger partial charge in [-0.2, -0.15) is 11.8 Å². The minimum Gasteiger partial charge on any atom is -0.478 e. The van der Waals surface area contributed by atoms with E-state index in [9.17, 15) is 4.79 Å². The van der Waals surface area contributed by atoms with Crippen molar-refractivity contribution in [2.75, 3.05) is 5.75 Å². The number of fused-ring (bicyclic) bond motifs is 1. The third-order valence-electron chi connectivity index (χ3n) is 2.37. The number of aromatic carboxylic acids is 1. The fourth-order valence-corrected chi connectivity index (χ4v) is 2.25. The van der Waals surface area contributed by atoms with Gasteiger partial charge in [-0.05, 0) is 11.8 Å². The van der Waals surface area contributed by atoms with Crippen LogP contribution in [0.4, 0.5) is 0 Å². The van der Waals surface area contributed by atoms with Gasteiger partial charge < -0.3 is 9.52 Å². The van der Waals surface area contributed by atoms with Crippen molar-refractivity contribution < 1.29 is 14.3 Å². The van der Waals surface area contributed by atoms with Crippen LogP contribution in [0.2, 0.25) is 0 Å². The van der Waals surface area contributed by atoms with Crippen LogP contribution in [0.15, 0.2) is 28.9 Å². The third kappa shape index (κ3) is 1.93. The number of hydrogen-bond donors (Lipinski definition) is 1. The molecule has 0 aliphatic carbocycles. The highest BCUT2D eigenvalue weighted by molar-refractivity contribution is 7.98. The van der Waals surface area contributed by atoms with E-state index in [1.807, 2.05) is 6.07 Å². The van der Waals surface area contributed by atoms with Crippen molar-refractivity contribution in [2.45, 2.75) is 12.7 Å². The predicted octanol–water partition coefficient (Wildman–Crippen LogP) is 3.38. The van der Waals surface area contributed by atoms with E-state index >= 15 is 0 Å². The molecule has 2 aromatic rings. The van der Waals surface area contributed by atoms with Crippen molar-refractivity contribution in [1.29, 1.82) is 0 Å². The van der Waals surface area contributed by atoms with Crippen molar-refractivity contribution >= 4 is 28.7 Å². The molecule has 4 heteroatoms. The molecular formula is C12H12O3S. The quantitative estimate of drug-likeness (QED) is 0.884. The Balaban J connectivity index is 2.48. The topological polar surface area (TPSA) is 50.4 Å². The highest BCUT2D eigenvalue weighted by Crippen LogP contribution is 2.27. The zero-order valence-electron chi connectivity index (χ0n) is 8.90. The molecule has 0 saturated carbocycles. The largest absolute Gasteiger partial charge is 0.478 e. The first-order valence-electron chi connectivity index (χ1n) is 5.04. The van der Waals surface area contributed by atoms with Gasteiger partial charge in [-0.15, -0.1) is 0 Å². The highest BCUT2D eigenvalue weighted by atomic mass is 32.2. The first kappa shape index (κ1) is 11.1. The predicted molar refractivity (Wildman–Crippen MR) is 65.0 cm³/mol. The van der Waals surface area contributed by atoms with Gasteiger partial charge in [-0.25, -0.2) is 4.79 Å². The Morgan fingerprint density at radius 2 is 2.31 bits per heavy atom. The molecule has 0 spiro atoms. The fourth-order valence-electron chi connectivity index (χ4n) is 1.60. The molecule has 1 aromatic carbocycles. The zero-order chi connectivity index (χ0) is 11.5. The van der Waals surface area contributed by atoms with Crippen LogP contribution in [-0.4, -0.2) is 16.8 Å². The van der Waals surface area contributed by atoms with Crippen molar-refractivity contribution in [3.63, 3.8) is 0 Å². The Labute approximate surface area is 97.4 Å². The van der Waals surface area contributed by atoms with Crippen LogP contribution in [0, 0.1) is 0 Å². The molecule has 0 aliphatic heterocycles. The van der Waals surface area contributed by atoms with Gasteiger partial charge in [0, 0.05) is 16.7 Å². The average Bonchev–Trinajstić information content (AvgIpc) is 2.69. The Kier molecular flexibility index (Phi) is 3.19. The van der Waals surface area contributed by atoms with E-state index in [1.54, 1.807) is 30.2 Å². The maximum absolute atomic E-state index is 11.0. The maximum atomic E-state index is 11.0. The Morgan fingerprint density at radius 1 is 1.50 bits per heavy atom. The first-order chi connectivity index (χ1) is 7.74. The van der Waals surface area contributed by atoms with Gasteiger partial charge in [0.05, 0.1) is 6.26 Å². The van der Waals surface area contributed by atoms with Crippen molar-refractivity contribution in [2.24, 2.45) is 0 Å². The summed E-state index contributed by atoms with van der Waals surface area (Å²) in [5, 5.41) is 9.91. The summed E-state index contributed by atoms with van der Waals surface area (Å²) in [5.41, 5.74) is 1.76. The monoisotopic (exact) mass is 236 g/mol. The Bertz CT molecular complexity index is 516. The molecule has 1 N–H and O–H groups in total. The molecule has 0 bridgehead atoms. The minimum absolute atomic E-state index is 0.227. The summed E-state index contributed by atoms with van der Waals surface area (Å²) in [5.74, 6) is 0.937. The number of carboxylic acid groups (broad SMARTS) is 1. The van der Waals surface area contributed by atoms with E-state index in [2.05, 4.69) is 6.92 Å². The Hall–Kier alpha value is -1.42. The molecule has 0 amide bonds. The molecule has 0 unspecified atom stereocenters. The number of carboxylic acids is 1. The molecule has 16 heavy (non-hydrogen) atoms. The second-order valence-corrected chi connectivity index (χ2v) is 4.66. The lowest BCUT2D eigenvalue weighted by Crippen LogP contribution is -1.95. The average molecular weight is 236 g/mol. The van der Waals surface area contributed by atoms with E-state index in [1.165, 1.54) is 0 Å². The van der Waals surface area contributed by atoms with Gasteiger partial charge in [0.1, 0.15) is 11.1 Å². The number of para-hydroxylation sites is 1. The molecule has 0 aliphatic rings. The van der Waals surface area contributed by atoms with Crippen LogP contribution >= 0.6 is 11.8 Å². The number of rotatable bonds is 4. The van der Waals surface area contributed by atoms with Crippen LogP contribution < -0.4 is 0 Å². The lowest BCUT2D eigenvalue weighted by Gasteiger charge is -1.97. The van der Waals surface area contributed by atoms with Crippen molar-refractivity contribution in [3.05, 3.63) is 35.6 Å². The lowest BCUT2D eigenvalue weighted by molar-refractivity contribution is 0.0698. The summed E-state index contributed by atoms with van der Waals surface area (Å²) in [6, 6.07) is 5.21. The fraction of sp³-hybridized carbons (Fsp3) is 0.250. The standard InChI is InChI=1S/C12H12O3S/c1-2-16-7-8-6-15-11-9(8)4-3-5-10(11)12(13)14/h3-6H,2,7H2,1H3,(H,13,14). The van der Waals surface area contributed by atoms with E-state index in [-0.39, 0.29) is 5.56 Å². The van der Waals surface area contributed by atoms with Crippen LogP contribution in [-0.2, 0) is 5.75 Å². The van der Waals surface area contributed by atoms with Crippen LogP contribution in [0.1, 0.15) is 22.8 Å². The molecule has 0 radical (unpaired) electrons. The zero-order valence-corrected chi connectivity index (χ0v) is 9.71. The van der Waals surface area contributed by atoms with Crippen LogP contribution in [0.5, 0.6) is 0 Å². The third-order valence-corrected chi connectivity index (χ3v) is 3.30. The molecule has 0 saturated heterocycles. The molecule has 2 rings (SSSR count). The van der Waals surface area contributed by atoms with Crippen LogP contribution in [0.3, 0.4) is 0 Å². The van der Waals surface area contributed by atoms with Gasteiger partial charge in [0.15, 0.2) is 0 Å². The van der Waals surface area contributed by atoms with Gasteiger partial charge in [0.2, 0.25) is 0 Å². The maximum Gasteiger partial charge on any atom is 0.339 e. The number of furan rings is 1. The summed E-state index contributed by atoms with van der Waals surface area (Å²) in [7, 11) is 0. The first-order valence-corrected chi connectivity index (χ1v) is 6.19. The molecule has 84 valence electrons. The summed E-state index contributed by atoms with van der Waals surface area (Å²) in [4.78, 5) is 11.0. The summed E-state index contributed by atoms with van der Waals surface area (Å²) >= 11 is 1.79. The minimum atomic E-state index is -0.949. The Morgan fingerprint density at radius 3 is 3.00 bits per heavy atom. The van der Waals surface area contributed by atoms with Crippen molar-refractivity contribution in [1.82, 2.24) is 0 Å².